The van der Waals surface area contributed by atoms with E-state index < -0.39 is 36.5 Å². The van der Waals surface area contributed by atoms with Crippen LogP contribution in [0.4, 0.5) is 26.3 Å². The van der Waals surface area contributed by atoms with Crippen LogP contribution in [-0.4, -0.2) is 38.4 Å². The standard InChI is InChI=1S/C19H14ClF6N5O2/c1-10(30-17(32)11-4-12(19(24,25)26)6-13(20)5-11)16-28-9-29-31(16)15-3-2-14(7-27-15)33-8-18(21,22)23/h2-7,9-10H,8H2,1H3,(H,30,32)/t10-/m0/s1. The van der Waals surface area contributed by atoms with Crippen molar-refractivity contribution in [1.29, 1.82) is 0 Å². The minimum Gasteiger partial charge on any atom is -0.483 e. The number of benzene rings is 1. The number of hydrogen-bond acceptors (Lipinski definition) is 5. The van der Waals surface area contributed by atoms with Gasteiger partial charge in [-0.15, -0.1) is 0 Å². The Labute approximate surface area is 187 Å². The first-order chi connectivity index (χ1) is 15.3. The number of hydrogen-bond donors (Lipinski definition) is 1. The quantitative estimate of drug-likeness (QED) is 0.500. The van der Waals surface area contributed by atoms with Gasteiger partial charge < -0.3 is 10.1 Å². The highest BCUT2D eigenvalue weighted by molar-refractivity contribution is 6.31. The van der Waals surface area contributed by atoms with E-state index in [1.165, 1.54) is 23.7 Å². The van der Waals surface area contributed by atoms with Gasteiger partial charge in [0, 0.05) is 10.6 Å². The van der Waals surface area contributed by atoms with Crippen LogP contribution in [0.5, 0.6) is 5.75 Å². The second-order valence-electron chi connectivity index (χ2n) is 6.71. The minimum atomic E-state index is -4.69. The fraction of sp³-hybridized carbons (Fsp3) is 0.263. The van der Waals surface area contributed by atoms with Crippen LogP contribution in [0.2, 0.25) is 5.02 Å². The maximum absolute atomic E-state index is 13.0. The molecule has 1 aromatic carbocycles. The molecule has 33 heavy (non-hydrogen) atoms. The minimum absolute atomic E-state index is 0.125. The van der Waals surface area contributed by atoms with Crippen LogP contribution in [0.25, 0.3) is 5.82 Å². The van der Waals surface area contributed by atoms with Crippen LogP contribution in [0.1, 0.15) is 34.7 Å². The zero-order chi connectivity index (χ0) is 24.4. The van der Waals surface area contributed by atoms with Crippen LogP contribution in [-0.2, 0) is 6.18 Å². The third kappa shape index (κ3) is 6.34. The first kappa shape index (κ1) is 24.3. The highest BCUT2D eigenvalue weighted by Crippen LogP contribution is 2.32. The molecule has 7 nitrogen and oxygen atoms in total. The number of rotatable bonds is 6. The molecule has 0 spiro atoms. The number of carbonyl (C=O) groups excluding carboxylic acids is 1. The van der Waals surface area contributed by atoms with E-state index in [0.717, 1.165) is 18.6 Å². The second kappa shape index (κ2) is 9.25. The lowest BCUT2D eigenvalue weighted by atomic mass is 10.1. The predicted molar refractivity (Wildman–Crippen MR) is 103 cm³/mol. The summed E-state index contributed by atoms with van der Waals surface area (Å²) >= 11 is 5.71. The molecule has 1 amide bonds. The van der Waals surface area contributed by atoms with E-state index in [1.807, 2.05) is 0 Å². The Hall–Kier alpha value is -3.35. The number of alkyl halides is 6. The Kier molecular flexibility index (Phi) is 6.81. The third-order valence-corrected chi connectivity index (χ3v) is 4.35. The van der Waals surface area contributed by atoms with Gasteiger partial charge in [-0.3, -0.25) is 4.79 Å². The second-order valence-corrected chi connectivity index (χ2v) is 7.14. The fourth-order valence-corrected chi connectivity index (χ4v) is 2.93. The summed E-state index contributed by atoms with van der Waals surface area (Å²) in [5.41, 5.74) is -1.38. The number of nitrogens with zero attached hydrogens (tertiary/aromatic N) is 4. The molecule has 1 atom stereocenters. The molecule has 0 aliphatic heterocycles. The van der Waals surface area contributed by atoms with Gasteiger partial charge in [0.2, 0.25) is 0 Å². The number of halogens is 7. The van der Waals surface area contributed by atoms with Crippen LogP contribution >= 0.6 is 11.6 Å². The molecule has 0 bridgehead atoms. The van der Waals surface area contributed by atoms with Gasteiger partial charge in [-0.25, -0.2) is 9.97 Å². The Morgan fingerprint density at radius 2 is 1.88 bits per heavy atom. The molecule has 0 unspecified atom stereocenters. The van der Waals surface area contributed by atoms with Crippen molar-refractivity contribution >= 4 is 17.5 Å². The van der Waals surface area contributed by atoms with Crippen LogP contribution in [0, 0.1) is 0 Å². The average Bonchev–Trinajstić information content (AvgIpc) is 3.21. The van der Waals surface area contributed by atoms with Crippen molar-refractivity contribution in [3.05, 3.63) is 64.8 Å². The van der Waals surface area contributed by atoms with Gasteiger partial charge in [-0.2, -0.15) is 36.1 Å². The molecule has 0 fully saturated rings. The highest BCUT2D eigenvalue weighted by atomic mass is 35.5. The molecular weight excluding hydrogens is 480 g/mol. The topological polar surface area (TPSA) is 81.9 Å². The van der Waals surface area contributed by atoms with Crippen molar-refractivity contribution in [3.8, 4) is 11.6 Å². The number of aromatic nitrogens is 4. The number of ether oxygens (including phenoxy) is 1. The lowest BCUT2D eigenvalue weighted by Gasteiger charge is -2.16. The van der Waals surface area contributed by atoms with Crippen LogP contribution in [0.15, 0.2) is 42.9 Å². The summed E-state index contributed by atoms with van der Waals surface area (Å²) in [5.74, 6) is -0.641. The van der Waals surface area contributed by atoms with Gasteiger partial charge >= 0.3 is 12.4 Å². The lowest BCUT2D eigenvalue weighted by Crippen LogP contribution is -2.29. The highest BCUT2D eigenvalue weighted by Gasteiger charge is 2.32. The third-order valence-electron chi connectivity index (χ3n) is 4.14. The first-order valence-corrected chi connectivity index (χ1v) is 9.46. The van der Waals surface area contributed by atoms with Gasteiger partial charge in [-0.1, -0.05) is 11.6 Å². The maximum Gasteiger partial charge on any atom is 0.422 e. The Bertz CT molecular complexity index is 1130. The molecule has 176 valence electrons. The molecule has 3 aromatic rings. The zero-order valence-corrected chi connectivity index (χ0v) is 17.3. The van der Waals surface area contributed by atoms with Crippen molar-refractivity contribution < 1.29 is 35.9 Å². The van der Waals surface area contributed by atoms with Gasteiger partial charge in [-0.05, 0) is 37.3 Å². The fourth-order valence-electron chi connectivity index (χ4n) is 2.70. The molecule has 3 rings (SSSR count). The molecule has 0 aliphatic rings. The number of amides is 1. The van der Waals surface area contributed by atoms with E-state index in [0.29, 0.717) is 12.1 Å². The lowest BCUT2D eigenvalue weighted by molar-refractivity contribution is -0.153. The number of nitrogens with one attached hydrogen (secondary N) is 1. The Balaban J connectivity index is 1.76. The normalized spacial score (nSPS) is 13.0. The van der Waals surface area contributed by atoms with Gasteiger partial charge in [0.1, 0.15) is 12.1 Å². The van der Waals surface area contributed by atoms with Crippen molar-refractivity contribution in [2.75, 3.05) is 6.61 Å². The van der Waals surface area contributed by atoms with E-state index in [9.17, 15) is 31.1 Å². The summed E-state index contributed by atoms with van der Waals surface area (Å²) < 4.78 is 81.5. The summed E-state index contributed by atoms with van der Waals surface area (Å²) in [6.45, 7) is 0.0274. The SMILES string of the molecule is C[C@H](NC(=O)c1cc(Cl)cc(C(F)(F)F)c1)c1ncnn1-c1ccc(OCC(F)(F)F)cn1. The van der Waals surface area contributed by atoms with Gasteiger partial charge in [0.05, 0.1) is 17.8 Å². The molecule has 2 aromatic heterocycles. The summed E-state index contributed by atoms with van der Waals surface area (Å²) in [5, 5.41) is 6.20. The summed E-state index contributed by atoms with van der Waals surface area (Å²) in [6.07, 6.45) is -6.99. The van der Waals surface area contributed by atoms with Crippen molar-refractivity contribution in [2.45, 2.75) is 25.3 Å². The number of pyridine rings is 1. The summed E-state index contributed by atoms with van der Waals surface area (Å²) in [6, 6.07) is 4.19. The first-order valence-electron chi connectivity index (χ1n) is 9.08. The molecule has 2 heterocycles. The van der Waals surface area contributed by atoms with E-state index >= 15 is 0 Å². The Morgan fingerprint density at radius 1 is 1.15 bits per heavy atom. The summed E-state index contributed by atoms with van der Waals surface area (Å²) in [7, 11) is 0. The molecule has 14 heteroatoms. The zero-order valence-electron chi connectivity index (χ0n) is 16.6. The van der Waals surface area contributed by atoms with E-state index in [2.05, 4.69) is 25.1 Å². The summed E-state index contributed by atoms with van der Waals surface area (Å²) in [4.78, 5) is 20.5. The molecule has 0 radical (unpaired) electrons. The maximum atomic E-state index is 13.0. The largest absolute Gasteiger partial charge is 0.483 e. The monoisotopic (exact) mass is 493 g/mol. The Morgan fingerprint density at radius 3 is 2.48 bits per heavy atom. The predicted octanol–water partition coefficient (Wildman–Crippen LogP) is 4.77. The van der Waals surface area contributed by atoms with Crippen LogP contribution in [0.3, 0.4) is 0 Å². The average molecular weight is 494 g/mol. The van der Waals surface area contributed by atoms with Crippen molar-refractivity contribution in [2.24, 2.45) is 0 Å². The molecule has 0 saturated heterocycles. The molecule has 1 N–H and O–H groups in total. The smallest absolute Gasteiger partial charge is 0.422 e. The van der Waals surface area contributed by atoms with E-state index in [-0.39, 0.29) is 28.0 Å². The number of carbonyl (C=O) groups is 1. The van der Waals surface area contributed by atoms with Crippen molar-refractivity contribution in [3.63, 3.8) is 0 Å². The van der Waals surface area contributed by atoms with Gasteiger partial charge in [0.15, 0.2) is 18.2 Å². The molecule has 0 saturated carbocycles. The molecule has 0 aliphatic carbocycles. The van der Waals surface area contributed by atoms with E-state index in [1.54, 1.807) is 0 Å². The van der Waals surface area contributed by atoms with Crippen LogP contribution < -0.4 is 10.1 Å². The molecular formula is C19H14ClF6N5O2. The van der Waals surface area contributed by atoms with Gasteiger partial charge in [0.25, 0.3) is 5.91 Å². The van der Waals surface area contributed by atoms with Crippen molar-refractivity contribution in [1.82, 2.24) is 25.1 Å². The van der Waals surface area contributed by atoms with E-state index in [4.69, 9.17) is 11.6 Å².